The van der Waals surface area contributed by atoms with Gasteiger partial charge in [-0.3, -0.25) is 0 Å². The molecule has 1 aromatic rings. The first-order valence-corrected chi connectivity index (χ1v) is 6.41. The molecule has 0 aliphatic carbocycles. The molecule has 2 rings (SSSR count). The zero-order chi connectivity index (χ0) is 14.5. The van der Waals surface area contributed by atoms with Crippen LogP contribution in [0.1, 0.15) is 39.7 Å². The Hall–Kier alpha value is -1.00. The topological polar surface area (TPSA) is 29.5 Å². The maximum atomic E-state index is 13.2. The summed E-state index contributed by atoms with van der Waals surface area (Å²) in [6.07, 6.45) is 0.687. The van der Waals surface area contributed by atoms with Crippen molar-refractivity contribution in [3.8, 4) is 0 Å². The van der Waals surface area contributed by atoms with Crippen LogP contribution in [-0.2, 0) is 11.2 Å². The van der Waals surface area contributed by atoms with E-state index in [1.54, 1.807) is 0 Å². The SMILES string of the molecule is CC1(C)CC(O)(Cc2ccc(F)c(F)c2)C(C)(C)O1. The molecule has 1 aliphatic rings. The number of ether oxygens (including phenoxy) is 1. The second-order valence-electron chi connectivity index (χ2n) is 6.51. The van der Waals surface area contributed by atoms with Gasteiger partial charge in [0.25, 0.3) is 0 Å². The summed E-state index contributed by atoms with van der Waals surface area (Å²) in [4.78, 5) is 0. The van der Waals surface area contributed by atoms with Crippen LogP contribution in [0.4, 0.5) is 8.78 Å². The fourth-order valence-corrected chi connectivity index (χ4v) is 3.00. The minimum atomic E-state index is -1.10. The van der Waals surface area contributed by atoms with Gasteiger partial charge in [0.1, 0.15) is 0 Å². The van der Waals surface area contributed by atoms with Gasteiger partial charge in [-0.2, -0.15) is 0 Å². The second-order valence-corrected chi connectivity index (χ2v) is 6.51. The molecule has 1 heterocycles. The Balaban J connectivity index is 2.28. The predicted molar refractivity (Wildman–Crippen MR) is 68.9 cm³/mol. The number of rotatable bonds is 2. The predicted octanol–water partition coefficient (Wildman–Crippen LogP) is 3.22. The van der Waals surface area contributed by atoms with E-state index in [4.69, 9.17) is 4.74 Å². The molecular formula is C15H20F2O2. The zero-order valence-electron chi connectivity index (χ0n) is 11.8. The summed E-state index contributed by atoms with van der Waals surface area (Å²) >= 11 is 0. The van der Waals surface area contributed by atoms with E-state index in [0.717, 1.165) is 12.1 Å². The van der Waals surface area contributed by atoms with E-state index in [9.17, 15) is 13.9 Å². The Morgan fingerprint density at radius 2 is 1.79 bits per heavy atom. The third-order valence-electron chi connectivity index (χ3n) is 3.85. The maximum Gasteiger partial charge on any atom is 0.159 e. The van der Waals surface area contributed by atoms with Gasteiger partial charge >= 0.3 is 0 Å². The highest BCUT2D eigenvalue weighted by atomic mass is 19.2. The molecule has 1 unspecified atom stereocenters. The minimum absolute atomic E-state index is 0.237. The van der Waals surface area contributed by atoms with Gasteiger partial charge in [0.05, 0.1) is 16.8 Å². The summed E-state index contributed by atoms with van der Waals surface area (Å²) in [5.41, 5.74) is -1.70. The lowest BCUT2D eigenvalue weighted by Crippen LogP contribution is -2.48. The Morgan fingerprint density at radius 3 is 2.26 bits per heavy atom. The maximum absolute atomic E-state index is 13.2. The van der Waals surface area contributed by atoms with Gasteiger partial charge in [-0.15, -0.1) is 0 Å². The smallest absolute Gasteiger partial charge is 0.159 e. The van der Waals surface area contributed by atoms with E-state index in [0.29, 0.717) is 12.0 Å². The number of hydrogen-bond acceptors (Lipinski definition) is 2. The summed E-state index contributed by atoms with van der Waals surface area (Å²) in [5.74, 6) is -1.77. The third-order valence-corrected chi connectivity index (χ3v) is 3.85. The highest BCUT2D eigenvalue weighted by Crippen LogP contribution is 2.46. The summed E-state index contributed by atoms with van der Waals surface area (Å²) in [7, 11) is 0. The van der Waals surface area contributed by atoms with E-state index >= 15 is 0 Å². The number of benzene rings is 1. The van der Waals surface area contributed by atoms with E-state index < -0.39 is 28.4 Å². The normalized spacial score (nSPS) is 28.6. The Bertz CT molecular complexity index is 497. The largest absolute Gasteiger partial charge is 0.386 e. The molecule has 2 nitrogen and oxygen atoms in total. The van der Waals surface area contributed by atoms with Gasteiger partial charge in [0.15, 0.2) is 11.6 Å². The van der Waals surface area contributed by atoms with Gasteiger partial charge in [0.2, 0.25) is 0 Å². The van der Waals surface area contributed by atoms with Crippen LogP contribution in [0.25, 0.3) is 0 Å². The van der Waals surface area contributed by atoms with Crippen molar-refractivity contribution in [1.82, 2.24) is 0 Å². The average molecular weight is 270 g/mol. The van der Waals surface area contributed by atoms with Gasteiger partial charge in [0, 0.05) is 12.8 Å². The highest BCUT2D eigenvalue weighted by Gasteiger charge is 2.56. The molecule has 0 aromatic heterocycles. The molecule has 0 saturated carbocycles. The molecule has 1 N–H and O–H groups in total. The lowest BCUT2D eigenvalue weighted by Gasteiger charge is -2.35. The van der Waals surface area contributed by atoms with Crippen LogP contribution < -0.4 is 0 Å². The first-order chi connectivity index (χ1) is 8.55. The molecule has 0 bridgehead atoms. The molecule has 106 valence electrons. The van der Waals surface area contributed by atoms with Crippen molar-refractivity contribution >= 4 is 0 Å². The summed E-state index contributed by atoms with van der Waals surface area (Å²) in [6.45, 7) is 7.47. The molecule has 1 fully saturated rings. The standard InChI is InChI=1S/C15H20F2O2/c1-13(2)9-15(18,14(3,4)19-13)8-10-5-6-11(16)12(17)7-10/h5-7,18H,8-9H2,1-4H3. The summed E-state index contributed by atoms with van der Waals surface area (Å²) in [6, 6.07) is 3.72. The fraction of sp³-hybridized carbons (Fsp3) is 0.600. The monoisotopic (exact) mass is 270 g/mol. The van der Waals surface area contributed by atoms with Crippen LogP contribution in [0, 0.1) is 11.6 Å². The van der Waals surface area contributed by atoms with E-state index in [1.165, 1.54) is 6.07 Å². The lowest BCUT2D eigenvalue weighted by atomic mass is 9.78. The average Bonchev–Trinajstić information content (AvgIpc) is 2.36. The molecule has 1 saturated heterocycles. The summed E-state index contributed by atoms with van der Waals surface area (Å²) < 4.78 is 32.0. The van der Waals surface area contributed by atoms with Crippen molar-refractivity contribution in [3.05, 3.63) is 35.4 Å². The van der Waals surface area contributed by atoms with E-state index in [2.05, 4.69) is 0 Å². The van der Waals surface area contributed by atoms with Crippen LogP contribution in [0.3, 0.4) is 0 Å². The van der Waals surface area contributed by atoms with Gasteiger partial charge in [-0.05, 0) is 45.4 Å². The zero-order valence-corrected chi connectivity index (χ0v) is 11.8. The van der Waals surface area contributed by atoms with Crippen molar-refractivity contribution < 1.29 is 18.6 Å². The Kier molecular flexibility index (Phi) is 3.22. The highest BCUT2D eigenvalue weighted by molar-refractivity contribution is 5.22. The number of halogens is 2. The molecule has 1 aliphatic heterocycles. The third kappa shape index (κ3) is 2.65. The number of aliphatic hydroxyl groups is 1. The first kappa shape index (κ1) is 14.4. The molecular weight excluding hydrogens is 250 g/mol. The first-order valence-electron chi connectivity index (χ1n) is 6.41. The van der Waals surface area contributed by atoms with E-state index in [-0.39, 0.29) is 6.42 Å². The second kappa shape index (κ2) is 4.25. The van der Waals surface area contributed by atoms with Crippen molar-refractivity contribution in [3.63, 3.8) is 0 Å². The van der Waals surface area contributed by atoms with Gasteiger partial charge in [-0.1, -0.05) is 6.07 Å². The Morgan fingerprint density at radius 1 is 1.16 bits per heavy atom. The van der Waals surface area contributed by atoms with Crippen molar-refractivity contribution in [1.29, 1.82) is 0 Å². The van der Waals surface area contributed by atoms with Crippen LogP contribution in [0.15, 0.2) is 18.2 Å². The molecule has 0 spiro atoms. The molecule has 1 aromatic carbocycles. The molecule has 0 amide bonds. The lowest BCUT2D eigenvalue weighted by molar-refractivity contribution is -0.125. The van der Waals surface area contributed by atoms with Gasteiger partial charge in [-0.25, -0.2) is 8.78 Å². The molecule has 19 heavy (non-hydrogen) atoms. The minimum Gasteiger partial charge on any atom is -0.386 e. The Labute approximate surface area is 112 Å². The van der Waals surface area contributed by atoms with Crippen LogP contribution >= 0.6 is 0 Å². The summed E-state index contributed by atoms with van der Waals surface area (Å²) in [5, 5.41) is 10.8. The van der Waals surface area contributed by atoms with Gasteiger partial charge < -0.3 is 9.84 Å². The molecule has 1 atom stereocenters. The molecule has 0 radical (unpaired) electrons. The molecule has 4 heteroatoms. The quantitative estimate of drug-likeness (QED) is 0.894. The van der Waals surface area contributed by atoms with Crippen LogP contribution in [0.2, 0.25) is 0 Å². The van der Waals surface area contributed by atoms with E-state index in [1.807, 2.05) is 27.7 Å². The number of hydrogen-bond donors (Lipinski definition) is 1. The fourth-order valence-electron chi connectivity index (χ4n) is 3.00. The van der Waals surface area contributed by atoms with Crippen molar-refractivity contribution in [2.75, 3.05) is 0 Å². The van der Waals surface area contributed by atoms with Crippen molar-refractivity contribution in [2.45, 2.75) is 57.3 Å². The van der Waals surface area contributed by atoms with Crippen LogP contribution in [0.5, 0.6) is 0 Å². The van der Waals surface area contributed by atoms with Crippen LogP contribution in [-0.4, -0.2) is 21.9 Å². The van der Waals surface area contributed by atoms with Crippen molar-refractivity contribution in [2.24, 2.45) is 0 Å².